The number of nitro groups is 1. The number of methoxy groups -OCH3 is 1. The Balaban J connectivity index is 1.79. The number of non-ortho nitro benzene ring substituents is 1. The van der Waals surface area contributed by atoms with E-state index < -0.39 is 10.8 Å². The number of nitrogens with zero attached hydrogens (tertiary/aromatic N) is 3. The fraction of sp³-hybridized carbons (Fsp3) is 0.263. The summed E-state index contributed by atoms with van der Waals surface area (Å²) in [7, 11) is 1.52. The monoisotopic (exact) mass is 384 g/mol. The van der Waals surface area contributed by atoms with E-state index in [9.17, 15) is 14.9 Å². The lowest BCUT2D eigenvalue weighted by atomic mass is 10.1. The van der Waals surface area contributed by atoms with Crippen molar-refractivity contribution in [1.82, 2.24) is 5.43 Å². The number of rotatable bonds is 6. The van der Waals surface area contributed by atoms with Crippen molar-refractivity contribution in [3.05, 3.63) is 63.7 Å². The van der Waals surface area contributed by atoms with Crippen molar-refractivity contribution in [2.75, 3.05) is 38.3 Å². The van der Waals surface area contributed by atoms with E-state index in [1.165, 1.54) is 25.5 Å². The van der Waals surface area contributed by atoms with Crippen molar-refractivity contribution in [1.29, 1.82) is 0 Å². The Morgan fingerprint density at radius 2 is 2.07 bits per heavy atom. The van der Waals surface area contributed by atoms with Crippen LogP contribution in [-0.4, -0.2) is 50.5 Å². The molecule has 0 atom stereocenters. The zero-order valence-electron chi connectivity index (χ0n) is 15.3. The molecular formula is C19H20N4O5. The summed E-state index contributed by atoms with van der Waals surface area (Å²) in [6.45, 7) is 2.52. The van der Waals surface area contributed by atoms with Gasteiger partial charge in [0.2, 0.25) is 0 Å². The molecule has 146 valence electrons. The third kappa shape index (κ3) is 4.63. The van der Waals surface area contributed by atoms with E-state index in [2.05, 4.69) is 15.4 Å². The summed E-state index contributed by atoms with van der Waals surface area (Å²) in [5.74, 6) is 0.151. The zero-order valence-corrected chi connectivity index (χ0v) is 15.3. The van der Waals surface area contributed by atoms with E-state index in [0.29, 0.717) is 43.2 Å². The second kappa shape index (κ2) is 8.96. The largest absolute Gasteiger partial charge is 0.497 e. The number of carbonyl (C=O) groups is 1. The van der Waals surface area contributed by atoms with E-state index in [0.717, 1.165) is 5.69 Å². The topological polar surface area (TPSA) is 106 Å². The molecule has 1 heterocycles. The molecule has 1 saturated heterocycles. The van der Waals surface area contributed by atoms with Crippen molar-refractivity contribution in [2.24, 2.45) is 5.10 Å². The van der Waals surface area contributed by atoms with Gasteiger partial charge in [0.1, 0.15) is 5.75 Å². The van der Waals surface area contributed by atoms with E-state index in [1.807, 2.05) is 0 Å². The lowest BCUT2D eigenvalue weighted by Gasteiger charge is -2.29. The average Bonchev–Trinajstić information content (AvgIpc) is 2.74. The first-order valence-corrected chi connectivity index (χ1v) is 8.67. The smallest absolute Gasteiger partial charge is 0.271 e. The first-order chi connectivity index (χ1) is 13.6. The molecule has 1 fully saturated rings. The van der Waals surface area contributed by atoms with Crippen molar-refractivity contribution < 1.29 is 19.2 Å². The Labute approximate surface area is 161 Å². The fourth-order valence-corrected chi connectivity index (χ4v) is 2.84. The molecule has 2 aromatic carbocycles. The molecule has 0 aromatic heterocycles. The van der Waals surface area contributed by atoms with Gasteiger partial charge in [-0.3, -0.25) is 14.9 Å². The number of nitrogens with one attached hydrogen (secondary N) is 1. The molecule has 1 aliphatic rings. The normalized spacial score (nSPS) is 14.1. The minimum atomic E-state index is -0.463. The maximum Gasteiger partial charge on any atom is 0.271 e. The highest BCUT2D eigenvalue weighted by molar-refractivity contribution is 5.96. The van der Waals surface area contributed by atoms with Gasteiger partial charge >= 0.3 is 0 Å². The summed E-state index contributed by atoms with van der Waals surface area (Å²) in [6.07, 6.45) is 1.41. The summed E-state index contributed by atoms with van der Waals surface area (Å²) in [6, 6.07) is 11.3. The molecule has 2 aromatic rings. The number of amides is 1. The molecule has 1 N–H and O–H groups in total. The Hall–Kier alpha value is -3.46. The van der Waals surface area contributed by atoms with Crippen molar-refractivity contribution in [3.63, 3.8) is 0 Å². The van der Waals surface area contributed by atoms with Gasteiger partial charge in [-0.15, -0.1) is 0 Å². The van der Waals surface area contributed by atoms with Crippen LogP contribution in [0.3, 0.4) is 0 Å². The third-order valence-electron chi connectivity index (χ3n) is 4.28. The molecular weight excluding hydrogens is 364 g/mol. The fourth-order valence-electron chi connectivity index (χ4n) is 2.84. The summed E-state index contributed by atoms with van der Waals surface area (Å²) in [5, 5.41) is 15.1. The van der Waals surface area contributed by atoms with Crippen LogP contribution in [0.2, 0.25) is 0 Å². The Bertz CT molecular complexity index is 894. The quantitative estimate of drug-likeness (QED) is 0.465. The van der Waals surface area contributed by atoms with Crippen molar-refractivity contribution >= 4 is 23.5 Å². The number of ether oxygens (including phenoxy) is 2. The van der Waals surface area contributed by atoms with E-state index in [-0.39, 0.29) is 5.69 Å². The number of morpholine rings is 1. The third-order valence-corrected chi connectivity index (χ3v) is 4.28. The number of hydrazone groups is 1. The molecule has 0 saturated carbocycles. The van der Waals surface area contributed by atoms with Gasteiger partial charge in [-0.05, 0) is 24.3 Å². The first-order valence-electron chi connectivity index (χ1n) is 8.67. The lowest BCUT2D eigenvalue weighted by molar-refractivity contribution is -0.384. The van der Waals surface area contributed by atoms with Crippen LogP contribution in [0.4, 0.5) is 11.4 Å². The second-order valence-corrected chi connectivity index (χ2v) is 6.03. The minimum absolute atomic E-state index is 0.0439. The van der Waals surface area contributed by atoms with Crippen LogP contribution in [0.25, 0.3) is 0 Å². The van der Waals surface area contributed by atoms with Gasteiger partial charge in [0, 0.05) is 42.0 Å². The van der Waals surface area contributed by atoms with Crippen LogP contribution in [0, 0.1) is 10.1 Å². The molecule has 1 aliphatic heterocycles. The first kappa shape index (κ1) is 19.3. The molecule has 0 bridgehead atoms. The van der Waals surface area contributed by atoms with Crippen molar-refractivity contribution in [3.8, 4) is 5.75 Å². The van der Waals surface area contributed by atoms with E-state index in [4.69, 9.17) is 9.47 Å². The maximum atomic E-state index is 12.2. The second-order valence-electron chi connectivity index (χ2n) is 6.03. The number of nitro benzene ring substituents is 1. The molecule has 0 radical (unpaired) electrons. The Kier molecular flexibility index (Phi) is 6.18. The van der Waals surface area contributed by atoms with Crippen molar-refractivity contribution in [2.45, 2.75) is 0 Å². The molecule has 9 heteroatoms. The van der Waals surface area contributed by atoms with E-state index >= 15 is 0 Å². The van der Waals surface area contributed by atoms with Crippen LogP contribution in [0.1, 0.15) is 15.9 Å². The highest BCUT2D eigenvalue weighted by atomic mass is 16.6. The van der Waals surface area contributed by atoms with Gasteiger partial charge < -0.3 is 14.4 Å². The van der Waals surface area contributed by atoms with Crippen LogP contribution in [0.15, 0.2) is 47.6 Å². The minimum Gasteiger partial charge on any atom is -0.497 e. The van der Waals surface area contributed by atoms with Gasteiger partial charge in [0.15, 0.2) is 0 Å². The highest BCUT2D eigenvalue weighted by Crippen LogP contribution is 2.25. The van der Waals surface area contributed by atoms with Gasteiger partial charge in [0.05, 0.1) is 31.5 Å². The average molecular weight is 384 g/mol. The maximum absolute atomic E-state index is 12.2. The molecule has 0 spiro atoms. The van der Waals surface area contributed by atoms with Gasteiger partial charge in [0.25, 0.3) is 11.6 Å². The summed E-state index contributed by atoms with van der Waals surface area (Å²) < 4.78 is 10.5. The number of anilines is 1. The molecule has 9 nitrogen and oxygen atoms in total. The van der Waals surface area contributed by atoms with Crippen LogP contribution in [0.5, 0.6) is 5.75 Å². The van der Waals surface area contributed by atoms with Gasteiger partial charge in [-0.2, -0.15) is 5.10 Å². The van der Waals surface area contributed by atoms with Gasteiger partial charge in [-0.25, -0.2) is 5.43 Å². The highest BCUT2D eigenvalue weighted by Gasteiger charge is 2.17. The molecule has 0 unspecified atom stereocenters. The number of carbonyl (C=O) groups excluding carboxylic acids is 1. The predicted molar refractivity (Wildman–Crippen MR) is 104 cm³/mol. The number of benzene rings is 2. The summed E-state index contributed by atoms with van der Waals surface area (Å²) in [4.78, 5) is 25.0. The summed E-state index contributed by atoms with van der Waals surface area (Å²) >= 11 is 0. The number of hydrogen-bond acceptors (Lipinski definition) is 7. The number of hydrogen-bond donors (Lipinski definition) is 1. The van der Waals surface area contributed by atoms with Crippen LogP contribution in [-0.2, 0) is 4.74 Å². The van der Waals surface area contributed by atoms with E-state index in [1.54, 1.807) is 30.3 Å². The van der Waals surface area contributed by atoms with Crippen LogP contribution < -0.4 is 15.1 Å². The molecule has 28 heavy (non-hydrogen) atoms. The predicted octanol–water partition coefficient (Wildman–Crippen LogP) is 2.20. The molecule has 0 aliphatic carbocycles. The Morgan fingerprint density at radius 3 is 2.79 bits per heavy atom. The van der Waals surface area contributed by atoms with Gasteiger partial charge in [-0.1, -0.05) is 6.07 Å². The lowest BCUT2D eigenvalue weighted by Crippen LogP contribution is -2.36. The zero-order chi connectivity index (χ0) is 19.9. The Morgan fingerprint density at radius 1 is 1.29 bits per heavy atom. The molecule has 1 amide bonds. The van der Waals surface area contributed by atoms with Crippen LogP contribution >= 0.6 is 0 Å². The molecule has 3 rings (SSSR count). The summed E-state index contributed by atoms with van der Waals surface area (Å²) in [5.41, 5.74) is 4.13. The SMILES string of the molecule is COc1cccc(C(=O)N/N=C\c2cc([N+](=O)[O-])ccc2N2CCOCC2)c1. The standard InChI is InChI=1S/C19H20N4O5/c1-27-17-4-2-3-14(12-17)19(24)21-20-13-15-11-16(23(25)26)5-6-18(15)22-7-9-28-10-8-22/h2-6,11-13H,7-10H2,1H3,(H,21,24)/b20-13-.